The van der Waals surface area contributed by atoms with E-state index in [-0.39, 0.29) is 50.6 Å². The van der Waals surface area contributed by atoms with Crippen LogP contribution in [-0.2, 0) is 20.9 Å². The lowest BCUT2D eigenvalue weighted by atomic mass is 10.2. The fourth-order valence-corrected chi connectivity index (χ4v) is 5.08. The Balaban J connectivity index is 1.46. The van der Waals surface area contributed by atoms with Gasteiger partial charge in [-0.05, 0) is 32.2 Å². The topological polar surface area (TPSA) is 140 Å². The first-order valence-electron chi connectivity index (χ1n) is 14.3. The number of amides is 3. The maximum absolute atomic E-state index is 13.6. The second-order valence-electron chi connectivity index (χ2n) is 10.5. The number of hydrogen-bond acceptors (Lipinski definition) is 9. The summed E-state index contributed by atoms with van der Waals surface area (Å²) in [6, 6.07) is 13.4. The molecule has 1 aromatic heterocycles. The average molecular weight is 592 g/mol. The van der Waals surface area contributed by atoms with Gasteiger partial charge < -0.3 is 29.7 Å². The van der Waals surface area contributed by atoms with E-state index in [1.807, 2.05) is 49.2 Å². The fourth-order valence-electron chi connectivity index (χ4n) is 5.08. The molecule has 43 heavy (non-hydrogen) atoms. The summed E-state index contributed by atoms with van der Waals surface area (Å²) in [6.45, 7) is 3.78. The van der Waals surface area contributed by atoms with Crippen LogP contribution in [0.1, 0.15) is 29.1 Å². The van der Waals surface area contributed by atoms with Crippen LogP contribution < -0.4 is 20.1 Å². The van der Waals surface area contributed by atoms with Crippen LogP contribution in [0.5, 0.6) is 11.5 Å². The normalized spacial score (nSPS) is 20.7. The van der Waals surface area contributed by atoms with E-state index in [9.17, 15) is 14.4 Å². The van der Waals surface area contributed by atoms with Gasteiger partial charge in [-0.2, -0.15) is 5.10 Å². The Hall–Kier alpha value is -4.49. The van der Waals surface area contributed by atoms with Crippen molar-refractivity contribution in [3.63, 3.8) is 0 Å². The van der Waals surface area contributed by atoms with Crippen molar-refractivity contribution in [3.05, 3.63) is 59.9 Å². The van der Waals surface area contributed by atoms with Gasteiger partial charge in [-0.15, -0.1) is 0 Å². The number of ether oxygens (including phenoxy) is 3. The summed E-state index contributed by atoms with van der Waals surface area (Å²) in [4.78, 5) is 48.1. The van der Waals surface area contributed by atoms with Crippen LogP contribution in [0.3, 0.4) is 0 Å². The van der Waals surface area contributed by atoms with E-state index in [4.69, 9.17) is 24.3 Å². The minimum Gasteiger partial charge on any atom is -0.493 e. The third kappa shape index (κ3) is 7.12. The van der Waals surface area contributed by atoms with Crippen LogP contribution >= 0.6 is 0 Å². The summed E-state index contributed by atoms with van der Waals surface area (Å²) in [6.07, 6.45) is 0. The van der Waals surface area contributed by atoms with Gasteiger partial charge in [-0.25, -0.2) is 9.67 Å². The van der Waals surface area contributed by atoms with E-state index in [1.165, 1.54) is 12.0 Å². The average Bonchev–Trinajstić information content (AvgIpc) is 3.45. The number of benzene rings is 2. The molecule has 2 atom stereocenters. The molecule has 13 nitrogen and oxygen atoms in total. The summed E-state index contributed by atoms with van der Waals surface area (Å²) in [7, 11) is 3.39. The van der Waals surface area contributed by atoms with Gasteiger partial charge in [0.05, 0.1) is 39.5 Å². The molecule has 2 N–H and O–H groups in total. The highest BCUT2D eigenvalue weighted by atomic mass is 16.5. The second-order valence-corrected chi connectivity index (χ2v) is 10.5. The molecule has 0 unspecified atom stereocenters. The van der Waals surface area contributed by atoms with Crippen LogP contribution in [0.15, 0.2) is 48.5 Å². The SMILES string of the molecule is COc1ccc2cc1OCCn1nc(-c3ccccc3)nc1[C@@H](C)NC(=O)CN(C(=O)[C@@H]1COCCN1C)CCNC2=O. The van der Waals surface area contributed by atoms with Crippen molar-refractivity contribution in [2.45, 2.75) is 25.6 Å². The minimum absolute atomic E-state index is 0.130. The zero-order valence-corrected chi connectivity index (χ0v) is 24.6. The number of carbonyl (C=O) groups excluding carboxylic acids is 3. The molecule has 3 aromatic rings. The van der Waals surface area contributed by atoms with Gasteiger partial charge in [0, 0.05) is 30.8 Å². The lowest BCUT2D eigenvalue weighted by molar-refractivity contribution is -0.145. The molecule has 0 spiro atoms. The van der Waals surface area contributed by atoms with Gasteiger partial charge in [-0.3, -0.25) is 19.3 Å². The van der Waals surface area contributed by atoms with Gasteiger partial charge in [0.1, 0.15) is 18.5 Å². The number of hydrogen-bond donors (Lipinski definition) is 2. The molecule has 2 aliphatic rings. The highest BCUT2D eigenvalue weighted by Gasteiger charge is 2.32. The summed E-state index contributed by atoms with van der Waals surface area (Å²) in [5.41, 5.74) is 1.21. The maximum Gasteiger partial charge on any atom is 0.251 e. The maximum atomic E-state index is 13.6. The van der Waals surface area contributed by atoms with E-state index in [0.29, 0.717) is 48.4 Å². The molecule has 2 aromatic carbocycles. The second kappa shape index (κ2) is 13.7. The Kier molecular flexibility index (Phi) is 9.52. The molecular weight excluding hydrogens is 554 g/mol. The van der Waals surface area contributed by atoms with Gasteiger partial charge >= 0.3 is 0 Å². The Labute approximate surface area is 250 Å². The summed E-state index contributed by atoms with van der Waals surface area (Å²) in [5.74, 6) is 0.991. The van der Waals surface area contributed by atoms with Crippen LogP contribution in [-0.4, -0.2) is 108 Å². The van der Waals surface area contributed by atoms with Crippen LogP contribution in [0.25, 0.3) is 11.4 Å². The number of rotatable bonds is 3. The van der Waals surface area contributed by atoms with Crippen LogP contribution in [0, 0.1) is 0 Å². The number of morpholine rings is 1. The predicted octanol–water partition coefficient (Wildman–Crippen LogP) is 1.11. The molecular formula is C30H37N7O6. The van der Waals surface area contributed by atoms with Gasteiger partial charge in [0.2, 0.25) is 11.8 Å². The largest absolute Gasteiger partial charge is 0.493 e. The van der Waals surface area contributed by atoms with E-state index in [2.05, 4.69) is 10.6 Å². The molecule has 1 fully saturated rings. The lowest BCUT2D eigenvalue weighted by Crippen LogP contribution is -2.56. The number of carbonyl (C=O) groups is 3. The molecule has 228 valence electrons. The third-order valence-corrected chi connectivity index (χ3v) is 7.48. The first-order valence-corrected chi connectivity index (χ1v) is 14.3. The smallest absolute Gasteiger partial charge is 0.251 e. The molecule has 3 amide bonds. The first-order chi connectivity index (χ1) is 20.8. The van der Waals surface area contributed by atoms with Crippen molar-refractivity contribution in [2.75, 3.05) is 60.2 Å². The summed E-state index contributed by atoms with van der Waals surface area (Å²) in [5, 5.41) is 10.5. The quantitative estimate of drug-likeness (QED) is 0.459. The zero-order chi connectivity index (χ0) is 30.3. The van der Waals surface area contributed by atoms with Crippen molar-refractivity contribution in [2.24, 2.45) is 0 Å². The standard InChI is InChI=1S/C30H37N7O6/c1-20-28-33-27(21-7-5-4-6-8-21)34-37(28)14-16-43-25-17-22(9-10-24(25)41-3)29(39)31-11-12-36(18-26(38)32-20)30(40)23-19-42-15-13-35(23)2/h4-10,17,20,23H,11-16,18-19H2,1-3H3,(H,31,39)(H,32,38)/t20-,23+/m1/s1. The monoisotopic (exact) mass is 591 g/mol. The van der Waals surface area contributed by atoms with Gasteiger partial charge in [0.25, 0.3) is 5.91 Å². The van der Waals surface area contributed by atoms with E-state index in [1.54, 1.807) is 22.9 Å². The van der Waals surface area contributed by atoms with Crippen molar-refractivity contribution in [1.29, 1.82) is 0 Å². The summed E-state index contributed by atoms with van der Waals surface area (Å²) >= 11 is 0. The Bertz CT molecular complexity index is 1450. The van der Waals surface area contributed by atoms with E-state index in [0.717, 1.165) is 5.56 Å². The molecule has 0 aliphatic carbocycles. The highest BCUT2D eigenvalue weighted by molar-refractivity contribution is 5.95. The number of aromatic nitrogens is 3. The van der Waals surface area contributed by atoms with Crippen molar-refractivity contribution >= 4 is 17.7 Å². The fraction of sp³-hybridized carbons (Fsp3) is 0.433. The minimum atomic E-state index is -0.526. The molecule has 0 radical (unpaired) electrons. The molecule has 2 bridgehead atoms. The van der Waals surface area contributed by atoms with Gasteiger partial charge in [0.15, 0.2) is 17.3 Å². The Morgan fingerprint density at radius 3 is 2.63 bits per heavy atom. The van der Waals surface area contributed by atoms with Crippen molar-refractivity contribution < 1.29 is 28.6 Å². The summed E-state index contributed by atoms with van der Waals surface area (Å²) < 4.78 is 18.8. The van der Waals surface area contributed by atoms with E-state index >= 15 is 0 Å². The Morgan fingerprint density at radius 1 is 1.05 bits per heavy atom. The van der Waals surface area contributed by atoms with Crippen LogP contribution in [0.2, 0.25) is 0 Å². The molecule has 0 saturated carbocycles. The third-order valence-electron chi connectivity index (χ3n) is 7.48. The molecule has 2 aliphatic heterocycles. The first kappa shape index (κ1) is 30.0. The molecule has 5 rings (SSSR count). The predicted molar refractivity (Wildman–Crippen MR) is 157 cm³/mol. The van der Waals surface area contributed by atoms with Crippen LogP contribution in [0.4, 0.5) is 0 Å². The molecule has 13 heteroatoms. The number of fused-ring (bicyclic) bond motifs is 3. The molecule has 1 saturated heterocycles. The van der Waals surface area contributed by atoms with Crippen molar-refractivity contribution in [3.8, 4) is 22.9 Å². The molecule has 3 heterocycles. The van der Waals surface area contributed by atoms with E-state index < -0.39 is 12.1 Å². The highest BCUT2D eigenvalue weighted by Crippen LogP contribution is 2.28. The Morgan fingerprint density at radius 2 is 1.86 bits per heavy atom. The number of nitrogens with one attached hydrogen (secondary N) is 2. The lowest BCUT2D eigenvalue weighted by Gasteiger charge is -2.35. The number of likely N-dealkylation sites (N-methyl/N-ethyl adjacent to an activating group) is 1. The zero-order valence-electron chi connectivity index (χ0n) is 24.6. The number of nitrogens with zero attached hydrogens (tertiary/aromatic N) is 5. The van der Waals surface area contributed by atoms with Crippen molar-refractivity contribution in [1.82, 2.24) is 35.2 Å². The number of methoxy groups -OCH3 is 1. The van der Waals surface area contributed by atoms with Gasteiger partial charge in [-0.1, -0.05) is 30.3 Å².